The minimum Gasteiger partial charge on any atom is -0.491 e. The summed E-state index contributed by atoms with van der Waals surface area (Å²) < 4.78 is 66.2. The van der Waals surface area contributed by atoms with E-state index in [0.717, 1.165) is 7.11 Å². The SMILES string of the molecule is C=O.COc1c(F)c(F)c(F)c(F)c1F. The first kappa shape index (κ1) is 13.3. The van der Waals surface area contributed by atoms with Gasteiger partial charge in [-0.1, -0.05) is 0 Å². The van der Waals surface area contributed by atoms with Crippen molar-refractivity contribution in [2.45, 2.75) is 0 Å². The van der Waals surface area contributed by atoms with E-state index in [2.05, 4.69) is 4.74 Å². The number of rotatable bonds is 1. The van der Waals surface area contributed by atoms with E-state index in [4.69, 9.17) is 4.79 Å². The van der Waals surface area contributed by atoms with Crippen molar-refractivity contribution in [3.05, 3.63) is 29.1 Å². The maximum Gasteiger partial charge on any atom is 0.206 e. The monoisotopic (exact) mass is 228 g/mol. The van der Waals surface area contributed by atoms with Gasteiger partial charge in [-0.25, -0.2) is 13.2 Å². The molecule has 0 N–H and O–H groups in total. The lowest BCUT2D eigenvalue weighted by Crippen LogP contribution is -2.04. The lowest BCUT2D eigenvalue weighted by atomic mass is 10.3. The van der Waals surface area contributed by atoms with Crippen molar-refractivity contribution in [1.82, 2.24) is 0 Å². The number of carbonyl (C=O) groups is 1. The highest BCUT2D eigenvalue weighted by atomic mass is 19.2. The zero-order chi connectivity index (χ0) is 12.2. The van der Waals surface area contributed by atoms with E-state index in [-0.39, 0.29) is 0 Å². The Labute approximate surface area is 81.3 Å². The molecule has 0 bridgehead atoms. The van der Waals surface area contributed by atoms with Gasteiger partial charge in [-0.05, 0) is 0 Å². The molecule has 1 rings (SSSR count). The van der Waals surface area contributed by atoms with Crippen molar-refractivity contribution in [2.24, 2.45) is 0 Å². The van der Waals surface area contributed by atoms with Gasteiger partial charge in [-0.2, -0.15) is 8.78 Å². The molecule has 0 spiro atoms. The number of hydrogen-bond donors (Lipinski definition) is 0. The highest BCUT2D eigenvalue weighted by Crippen LogP contribution is 2.28. The lowest BCUT2D eigenvalue weighted by molar-refractivity contribution is -0.0979. The molecule has 0 saturated heterocycles. The van der Waals surface area contributed by atoms with Crippen molar-refractivity contribution < 1.29 is 31.5 Å². The molecule has 2 nitrogen and oxygen atoms in total. The molecule has 0 atom stereocenters. The minimum atomic E-state index is -2.20. The summed E-state index contributed by atoms with van der Waals surface area (Å²) in [5, 5.41) is 0. The number of methoxy groups -OCH3 is 1. The second kappa shape index (κ2) is 5.28. The summed E-state index contributed by atoms with van der Waals surface area (Å²) in [6.07, 6.45) is 0. The summed E-state index contributed by atoms with van der Waals surface area (Å²) in [5.74, 6) is -11.5. The molecule has 0 aliphatic carbocycles. The van der Waals surface area contributed by atoms with E-state index in [1.165, 1.54) is 0 Å². The molecule has 7 heteroatoms. The van der Waals surface area contributed by atoms with Crippen LogP contribution < -0.4 is 4.74 Å². The summed E-state index contributed by atoms with van der Waals surface area (Å²) in [5.41, 5.74) is 0. The van der Waals surface area contributed by atoms with Gasteiger partial charge in [-0.3, -0.25) is 0 Å². The fourth-order valence-electron chi connectivity index (χ4n) is 0.764. The van der Waals surface area contributed by atoms with Crippen LogP contribution in [0.5, 0.6) is 5.75 Å². The van der Waals surface area contributed by atoms with Crippen molar-refractivity contribution in [2.75, 3.05) is 7.11 Å². The van der Waals surface area contributed by atoms with E-state index in [0.29, 0.717) is 0 Å². The molecular weight excluding hydrogens is 223 g/mol. The molecule has 0 aromatic heterocycles. The molecule has 1 aromatic rings. The van der Waals surface area contributed by atoms with Crippen molar-refractivity contribution in [3.63, 3.8) is 0 Å². The third-order valence-electron chi connectivity index (χ3n) is 1.37. The summed E-state index contributed by atoms with van der Waals surface area (Å²) in [6, 6.07) is 0. The van der Waals surface area contributed by atoms with Gasteiger partial charge < -0.3 is 9.53 Å². The summed E-state index contributed by atoms with van der Waals surface area (Å²) in [7, 11) is 0.804. The van der Waals surface area contributed by atoms with Gasteiger partial charge in [-0.15, -0.1) is 0 Å². The van der Waals surface area contributed by atoms with Crippen LogP contribution in [0.2, 0.25) is 0 Å². The Kier molecular flexibility index (Phi) is 4.69. The largest absolute Gasteiger partial charge is 0.491 e. The van der Waals surface area contributed by atoms with Gasteiger partial charge in [0.05, 0.1) is 7.11 Å². The molecule has 0 radical (unpaired) electrons. The predicted molar refractivity (Wildman–Crippen MR) is 39.9 cm³/mol. The lowest BCUT2D eigenvalue weighted by Gasteiger charge is -2.05. The molecule has 0 saturated carbocycles. The van der Waals surface area contributed by atoms with E-state index in [9.17, 15) is 22.0 Å². The minimum absolute atomic E-state index is 0.804. The molecule has 0 heterocycles. The third kappa shape index (κ3) is 2.23. The van der Waals surface area contributed by atoms with E-state index in [1.807, 2.05) is 6.79 Å². The normalized spacial score (nSPS) is 9.20. The van der Waals surface area contributed by atoms with Crippen LogP contribution in [-0.2, 0) is 4.79 Å². The van der Waals surface area contributed by atoms with Crippen LogP contribution in [0.4, 0.5) is 22.0 Å². The van der Waals surface area contributed by atoms with Crippen LogP contribution >= 0.6 is 0 Å². The third-order valence-corrected chi connectivity index (χ3v) is 1.37. The second-order valence-electron chi connectivity index (χ2n) is 2.10. The number of carbonyl (C=O) groups excluding carboxylic acids is 1. The number of ether oxygens (including phenoxy) is 1. The molecule has 0 unspecified atom stereocenters. The van der Waals surface area contributed by atoms with Crippen LogP contribution in [-0.4, -0.2) is 13.9 Å². The summed E-state index contributed by atoms with van der Waals surface area (Å²) in [4.78, 5) is 8.00. The first-order valence-corrected chi connectivity index (χ1v) is 3.35. The van der Waals surface area contributed by atoms with Crippen LogP contribution in [0.25, 0.3) is 0 Å². The Hall–Kier alpha value is -1.66. The molecule has 1 aromatic carbocycles. The Morgan fingerprint density at radius 3 is 1.33 bits per heavy atom. The standard InChI is InChI=1S/C7H3F5O.CH2O/c1-13-7-5(11)3(9)2(8)4(10)6(7)12;1-2/h1H3;1H2. The van der Waals surface area contributed by atoms with E-state index >= 15 is 0 Å². The number of hydrogen-bond acceptors (Lipinski definition) is 2. The molecule has 0 aliphatic heterocycles. The van der Waals surface area contributed by atoms with Crippen LogP contribution in [0.15, 0.2) is 0 Å². The zero-order valence-corrected chi connectivity index (χ0v) is 7.41. The fourth-order valence-corrected chi connectivity index (χ4v) is 0.764. The predicted octanol–water partition coefficient (Wildman–Crippen LogP) is 2.21. The Bertz CT molecular complexity index is 338. The zero-order valence-electron chi connectivity index (χ0n) is 7.41. The van der Waals surface area contributed by atoms with Crippen molar-refractivity contribution >= 4 is 6.79 Å². The molecule has 0 aliphatic rings. The van der Waals surface area contributed by atoms with Gasteiger partial charge in [0.25, 0.3) is 0 Å². The van der Waals surface area contributed by atoms with E-state index < -0.39 is 34.8 Å². The highest BCUT2D eigenvalue weighted by Gasteiger charge is 2.26. The van der Waals surface area contributed by atoms with Crippen LogP contribution in [0.1, 0.15) is 0 Å². The summed E-state index contributed by atoms with van der Waals surface area (Å²) in [6.45, 7) is 2.00. The average molecular weight is 228 g/mol. The van der Waals surface area contributed by atoms with Crippen molar-refractivity contribution in [3.8, 4) is 5.75 Å². The summed E-state index contributed by atoms with van der Waals surface area (Å²) >= 11 is 0. The number of benzene rings is 1. The Balaban J connectivity index is 0.000000921. The highest BCUT2D eigenvalue weighted by molar-refractivity contribution is 5.29. The molecule has 0 fully saturated rings. The first-order valence-electron chi connectivity index (χ1n) is 3.35. The first-order chi connectivity index (χ1) is 7.00. The topological polar surface area (TPSA) is 26.3 Å². The smallest absolute Gasteiger partial charge is 0.206 e. The number of halogens is 5. The Morgan fingerprint density at radius 1 is 0.800 bits per heavy atom. The quantitative estimate of drug-likeness (QED) is 0.418. The molecule has 15 heavy (non-hydrogen) atoms. The van der Waals surface area contributed by atoms with Crippen LogP contribution in [0, 0.1) is 29.1 Å². The fraction of sp³-hybridized carbons (Fsp3) is 0.125. The average Bonchev–Trinajstić information content (AvgIpc) is 2.27. The van der Waals surface area contributed by atoms with E-state index in [1.54, 1.807) is 0 Å². The van der Waals surface area contributed by atoms with Gasteiger partial charge in [0.2, 0.25) is 29.1 Å². The Morgan fingerprint density at radius 2 is 1.07 bits per heavy atom. The van der Waals surface area contributed by atoms with Gasteiger partial charge in [0, 0.05) is 0 Å². The van der Waals surface area contributed by atoms with Crippen LogP contribution in [0.3, 0.4) is 0 Å². The van der Waals surface area contributed by atoms with Gasteiger partial charge in [0.15, 0.2) is 5.75 Å². The molecular formula is C8H5F5O2. The second-order valence-corrected chi connectivity index (χ2v) is 2.10. The van der Waals surface area contributed by atoms with Gasteiger partial charge in [0.1, 0.15) is 6.79 Å². The maximum atomic E-state index is 12.6. The van der Waals surface area contributed by atoms with Gasteiger partial charge >= 0.3 is 0 Å². The molecule has 0 amide bonds. The maximum absolute atomic E-state index is 12.6. The van der Waals surface area contributed by atoms with Crippen molar-refractivity contribution in [1.29, 1.82) is 0 Å². The molecule has 84 valence electrons.